The summed E-state index contributed by atoms with van der Waals surface area (Å²) in [6.07, 6.45) is -2.12. The first kappa shape index (κ1) is 33.9. The lowest BCUT2D eigenvalue weighted by atomic mass is 9.92. The molecule has 0 aliphatic carbocycles. The van der Waals surface area contributed by atoms with Crippen LogP contribution in [-0.2, 0) is 32.0 Å². The molecule has 49 heavy (non-hydrogen) atoms. The molecule has 250 valence electrons. The molecule has 1 aromatic heterocycles. The number of amides is 2. The van der Waals surface area contributed by atoms with Gasteiger partial charge in [-0.1, -0.05) is 90.1 Å². The van der Waals surface area contributed by atoms with Crippen molar-refractivity contribution in [2.45, 2.75) is 38.4 Å². The van der Waals surface area contributed by atoms with E-state index in [1.54, 1.807) is 38.1 Å². The number of rotatable bonds is 12. The van der Waals surface area contributed by atoms with E-state index in [0.717, 1.165) is 27.9 Å². The molecular weight excluding hydrogens is 626 g/mol. The first-order chi connectivity index (χ1) is 23.5. The molecule has 1 heterocycles. The number of primary amides is 2. The van der Waals surface area contributed by atoms with Gasteiger partial charge in [-0.3, -0.25) is 0 Å². The van der Waals surface area contributed by atoms with Crippen molar-refractivity contribution in [1.29, 1.82) is 0 Å². The predicted molar refractivity (Wildman–Crippen MR) is 183 cm³/mol. The number of aromatic nitrogens is 3. The van der Waals surface area contributed by atoms with E-state index < -0.39 is 35.7 Å². The summed E-state index contributed by atoms with van der Waals surface area (Å²) in [5, 5.41) is 15.3. The fourth-order valence-electron chi connectivity index (χ4n) is 5.29. The van der Waals surface area contributed by atoms with Gasteiger partial charge in [-0.15, -0.1) is 5.10 Å². The zero-order valence-corrected chi connectivity index (χ0v) is 26.8. The van der Waals surface area contributed by atoms with Crippen LogP contribution < -0.4 is 22.1 Å². The van der Waals surface area contributed by atoms with E-state index in [1.807, 2.05) is 89.6 Å². The normalized spacial score (nSPS) is 12.6. The fourth-order valence-corrected chi connectivity index (χ4v) is 5.29. The van der Waals surface area contributed by atoms with E-state index in [2.05, 4.69) is 25.7 Å². The van der Waals surface area contributed by atoms with Gasteiger partial charge in [-0.25, -0.2) is 23.9 Å². The summed E-state index contributed by atoms with van der Waals surface area (Å²) in [7, 11) is 0. The number of hydrogen-bond donors (Lipinski definition) is 4. The number of benzene rings is 4. The van der Waals surface area contributed by atoms with Crippen LogP contribution in [0.25, 0.3) is 22.5 Å². The molecule has 2 amide bonds. The largest absolute Gasteiger partial charge is 0.412 e. The molecule has 0 saturated carbocycles. The highest BCUT2D eigenvalue weighted by atomic mass is 16.6. The van der Waals surface area contributed by atoms with E-state index in [4.69, 9.17) is 16.2 Å². The second kappa shape index (κ2) is 14.9. The Hall–Kier alpha value is -6.50. The third kappa shape index (κ3) is 8.65. The molecule has 13 nitrogen and oxygen atoms in total. The summed E-state index contributed by atoms with van der Waals surface area (Å²) >= 11 is 0. The lowest BCUT2D eigenvalue weighted by Crippen LogP contribution is -2.48. The quantitative estimate of drug-likeness (QED) is 0.103. The maximum Gasteiger partial charge on any atom is 0.412 e. The lowest BCUT2D eigenvalue weighted by Gasteiger charge is -2.29. The minimum absolute atomic E-state index is 0.232. The number of hydrogen-bond acceptors (Lipinski definition) is 10. The standard InChI is InChI=1S/C36H35N7O6/c1-23(32(44)48-34(37)46)39-28-17-15-27(16-18-28)31-30(41-42-43(31)22-25-11-7-4-8-12-25)26-13-19-29(20-14-26)40-36(2,33(45)49-35(38)47)21-24-9-5-3-6-10-24/h3-20,23,39-40H,21-22H2,1-2H3,(H2,37,46)(H2,38,47)/t23-,36-/m0/s1. The van der Waals surface area contributed by atoms with Crippen LogP contribution in [0, 0.1) is 0 Å². The van der Waals surface area contributed by atoms with Gasteiger partial charge in [0.05, 0.1) is 12.2 Å². The number of anilines is 2. The summed E-state index contributed by atoms with van der Waals surface area (Å²) < 4.78 is 11.1. The maximum atomic E-state index is 13.0. The first-order valence-electron chi connectivity index (χ1n) is 15.3. The minimum atomic E-state index is -1.31. The molecular formula is C36H35N7O6. The van der Waals surface area contributed by atoms with E-state index >= 15 is 0 Å². The molecule has 0 bridgehead atoms. The van der Waals surface area contributed by atoms with Gasteiger partial charge in [-0.05, 0) is 49.2 Å². The van der Waals surface area contributed by atoms with Crippen molar-refractivity contribution in [3.63, 3.8) is 0 Å². The molecule has 0 aliphatic rings. The molecule has 0 fully saturated rings. The maximum absolute atomic E-state index is 13.0. The topological polar surface area (TPSA) is 194 Å². The van der Waals surface area contributed by atoms with E-state index in [0.29, 0.717) is 23.6 Å². The van der Waals surface area contributed by atoms with Crippen LogP contribution in [-0.4, -0.2) is 50.7 Å². The molecule has 5 rings (SSSR count). The number of nitrogens with one attached hydrogen (secondary N) is 2. The van der Waals surface area contributed by atoms with Gasteiger partial charge in [0.2, 0.25) is 0 Å². The van der Waals surface area contributed by atoms with Crippen molar-refractivity contribution in [1.82, 2.24) is 15.0 Å². The van der Waals surface area contributed by atoms with Crippen LogP contribution in [0.4, 0.5) is 21.0 Å². The van der Waals surface area contributed by atoms with Gasteiger partial charge >= 0.3 is 24.1 Å². The van der Waals surface area contributed by atoms with Gasteiger partial charge in [0.25, 0.3) is 0 Å². The highest BCUT2D eigenvalue weighted by Gasteiger charge is 2.36. The SMILES string of the molecule is C[C@H](Nc1ccc(-c2c(-c3ccc(N[C@@](C)(Cc4ccccc4)C(=O)OC(N)=O)cc3)nnn2Cc2ccccc2)cc1)C(=O)OC(N)=O. The molecule has 0 saturated heterocycles. The second-order valence-electron chi connectivity index (χ2n) is 11.5. The van der Waals surface area contributed by atoms with Gasteiger partial charge in [0, 0.05) is 28.9 Å². The lowest BCUT2D eigenvalue weighted by molar-refractivity contribution is -0.141. The van der Waals surface area contributed by atoms with Crippen molar-refractivity contribution in [3.8, 4) is 22.5 Å². The number of nitrogens with zero attached hydrogens (tertiary/aromatic N) is 3. The third-order valence-corrected chi connectivity index (χ3v) is 7.63. The number of esters is 2. The Kier molecular flexibility index (Phi) is 10.3. The van der Waals surface area contributed by atoms with Crippen LogP contribution in [0.15, 0.2) is 109 Å². The third-order valence-electron chi connectivity index (χ3n) is 7.63. The van der Waals surface area contributed by atoms with Crippen molar-refractivity contribution < 1.29 is 28.7 Å². The second-order valence-corrected chi connectivity index (χ2v) is 11.5. The summed E-state index contributed by atoms with van der Waals surface area (Å²) in [5.74, 6) is -1.61. The molecule has 13 heteroatoms. The summed E-state index contributed by atoms with van der Waals surface area (Å²) in [4.78, 5) is 47.5. The van der Waals surface area contributed by atoms with E-state index in [-0.39, 0.29) is 6.42 Å². The Morgan fingerprint density at radius 1 is 0.755 bits per heavy atom. The number of carbonyl (C=O) groups excluding carboxylic acids is 4. The highest BCUT2D eigenvalue weighted by molar-refractivity contribution is 5.92. The van der Waals surface area contributed by atoms with Gasteiger partial charge in [0.1, 0.15) is 17.3 Å². The minimum Gasteiger partial charge on any atom is -0.375 e. The molecule has 0 aliphatic heterocycles. The number of carbonyl (C=O) groups is 4. The van der Waals surface area contributed by atoms with Crippen molar-refractivity contribution >= 4 is 35.5 Å². The monoisotopic (exact) mass is 661 g/mol. The van der Waals surface area contributed by atoms with Crippen molar-refractivity contribution in [2.75, 3.05) is 10.6 Å². The average Bonchev–Trinajstić information content (AvgIpc) is 3.49. The fraction of sp³-hybridized carbons (Fsp3) is 0.167. The highest BCUT2D eigenvalue weighted by Crippen LogP contribution is 2.33. The van der Waals surface area contributed by atoms with Gasteiger partial charge < -0.3 is 31.6 Å². The van der Waals surface area contributed by atoms with E-state index in [1.165, 1.54) is 0 Å². The van der Waals surface area contributed by atoms with Crippen LogP contribution in [0.5, 0.6) is 0 Å². The Morgan fingerprint density at radius 2 is 1.31 bits per heavy atom. The number of nitrogens with two attached hydrogens (primary N) is 2. The zero-order valence-electron chi connectivity index (χ0n) is 26.8. The summed E-state index contributed by atoms with van der Waals surface area (Å²) in [5.41, 5.74) is 14.8. The molecule has 0 unspecified atom stereocenters. The molecule has 0 radical (unpaired) electrons. The molecule has 6 N–H and O–H groups in total. The van der Waals surface area contributed by atoms with Crippen LogP contribution >= 0.6 is 0 Å². The van der Waals surface area contributed by atoms with Crippen LogP contribution in [0.2, 0.25) is 0 Å². The first-order valence-corrected chi connectivity index (χ1v) is 15.3. The average molecular weight is 662 g/mol. The number of ether oxygens (including phenoxy) is 2. The van der Waals surface area contributed by atoms with Crippen molar-refractivity contribution in [2.24, 2.45) is 11.5 Å². The zero-order chi connectivity index (χ0) is 35.0. The molecule has 0 spiro atoms. The molecule has 4 aromatic carbocycles. The Labute approximate surface area is 282 Å². The molecule has 5 aromatic rings. The van der Waals surface area contributed by atoms with Crippen LogP contribution in [0.1, 0.15) is 25.0 Å². The van der Waals surface area contributed by atoms with Gasteiger partial charge in [0.15, 0.2) is 0 Å². The Bertz CT molecular complexity index is 1930. The smallest absolute Gasteiger partial charge is 0.375 e. The Balaban J connectivity index is 1.44. The summed E-state index contributed by atoms with van der Waals surface area (Å²) in [6.45, 7) is 3.66. The van der Waals surface area contributed by atoms with E-state index in [9.17, 15) is 19.2 Å². The van der Waals surface area contributed by atoms with Gasteiger partial charge in [-0.2, -0.15) is 0 Å². The Morgan fingerprint density at radius 3 is 1.90 bits per heavy atom. The summed E-state index contributed by atoms with van der Waals surface area (Å²) in [6, 6.07) is 33.0. The molecule has 2 atom stereocenters. The predicted octanol–water partition coefficient (Wildman–Crippen LogP) is 5.12. The van der Waals surface area contributed by atoms with Crippen molar-refractivity contribution in [3.05, 3.63) is 120 Å². The van der Waals surface area contributed by atoms with Crippen LogP contribution in [0.3, 0.4) is 0 Å².